The molecule has 2 rings (SSSR count). The summed E-state index contributed by atoms with van der Waals surface area (Å²) in [7, 11) is 0. The first-order chi connectivity index (χ1) is 8.04. The van der Waals surface area contributed by atoms with Gasteiger partial charge in [-0.2, -0.15) is 0 Å². The summed E-state index contributed by atoms with van der Waals surface area (Å²) in [6.07, 6.45) is 6.40. The molecule has 3 atom stereocenters. The highest BCUT2D eigenvalue weighted by atomic mass is 16.3. The molecule has 1 aliphatic rings. The summed E-state index contributed by atoms with van der Waals surface area (Å²) in [5, 5.41) is 13.4. The van der Waals surface area contributed by atoms with Gasteiger partial charge in [0, 0.05) is 11.6 Å². The average molecular weight is 229 g/mol. The summed E-state index contributed by atoms with van der Waals surface area (Å²) >= 11 is 0. The zero-order valence-electron chi connectivity index (χ0n) is 10.6. The van der Waals surface area contributed by atoms with Crippen LogP contribution in [0.1, 0.15) is 48.9 Å². The smallest absolute Gasteiger partial charge is 0.120 e. The van der Waals surface area contributed by atoms with Crippen LogP contribution in [0.15, 0.2) is 12.1 Å². The van der Waals surface area contributed by atoms with Crippen LogP contribution in [-0.4, -0.2) is 11.1 Å². The van der Waals surface area contributed by atoms with Crippen molar-refractivity contribution in [1.29, 1.82) is 0 Å². The van der Waals surface area contributed by atoms with E-state index in [2.05, 4.69) is 25.1 Å². The van der Waals surface area contributed by atoms with Crippen LogP contribution in [0.5, 0.6) is 5.75 Å². The molecule has 0 amide bonds. The first-order valence-corrected chi connectivity index (χ1v) is 6.09. The Bertz CT molecular complexity index is 473. The van der Waals surface area contributed by atoms with Crippen molar-refractivity contribution in [2.24, 2.45) is 0 Å². The summed E-state index contributed by atoms with van der Waals surface area (Å²) in [6, 6.07) is 3.96. The molecule has 1 aliphatic carbocycles. The highest BCUT2D eigenvalue weighted by Gasteiger charge is 2.32. The largest absolute Gasteiger partial charge is 0.508 e. The molecule has 17 heavy (non-hydrogen) atoms. The number of hydrogen-bond acceptors (Lipinski definition) is 2. The topological polar surface area (TPSA) is 32.3 Å². The predicted octanol–water partition coefficient (Wildman–Crippen LogP) is 2.86. The summed E-state index contributed by atoms with van der Waals surface area (Å²) < 4.78 is 0. The van der Waals surface area contributed by atoms with Crippen LogP contribution in [0, 0.1) is 19.3 Å². The van der Waals surface area contributed by atoms with Crippen molar-refractivity contribution in [2.45, 2.75) is 45.2 Å². The molecule has 2 nitrogen and oxygen atoms in total. The molecule has 0 saturated carbocycles. The van der Waals surface area contributed by atoms with Gasteiger partial charge in [-0.3, -0.25) is 5.32 Å². The second-order valence-electron chi connectivity index (χ2n) is 4.97. The molecule has 0 radical (unpaired) electrons. The Morgan fingerprint density at radius 3 is 2.82 bits per heavy atom. The standard InChI is InChI=1S/C15H19NO/c1-5-11(4)16-12-8-10(3)14-9(2)6-7-13(17)15(12)14/h1,6-7,10-12,16-17H,8H2,2-4H3. The van der Waals surface area contributed by atoms with Crippen LogP contribution < -0.4 is 5.32 Å². The third kappa shape index (κ3) is 2.03. The predicted molar refractivity (Wildman–Crippen MR) is 70.0 cm³/mol. The highest BCUT2D eigenvalue weighted by Crippen LogP contribution is 2.45. The van der Waals surface area contributed by atoms with Gasteiger partial charge in [-0.15, -0.1) is 6.42 Å². The third-order valence-electron chi connectivity index (χ3n) is 3.61. The molecule has 3 unspecified atom stereocenters. The lowest BCUT2D eigenvalue weighted by atomic mass is 9.97. The van der Waals surface area contributed by atoms with Gasteiger partial charge >= 0.3 is 0 Å². The minimum atomic E-state index is 0.0260. The molecule has 2 heteroatoms. The molecule has 0 aliphatic heterocycles. The number of terminal acetylenes is 1. The first kappa shape index (κ1) is 12.0. The summed E-state index contributed by atoms with van der Waals surface area (Å²) in [6.45, 7) is 6.27. The molecule has 0 heterocycles. The lowest BCUT2D eigenvalue weighted by Crippen LogP contribution is -2.28. The molecule has 90 valence electrons. The van der Waals surface area contributed by atoms with Crippen molar-refractivity contribution in [3.8, 4) is 18.1 Å². The van der Waals surface area contributed by atoms with E-state index in [1.807, 2.05) is 13.0 Å². The van der Waals surface area contributed by atoms with Crippen molar-refractivity contribution < 1.29 is 5.11 Å². The summed E-state index contributed by atoms with van der Waals surface area (Å²) in [4.78, 5) is 0. The molecule has 0 saturated heterocycles. The van der Waals surface area contributed by atoms with Gasteiger partial charge in [0.05, 0.1) is 6.04 Å². The van der Waals surface area contributed by atoms with E-state index in [4.69, 9.17) is 6.42 Å². The molecule has 1 aromatic carbocycles. The third-order valence-corrected chi connectivity index (χ3v) is 3.61. The molecule has 0 aromatic heterocycles. The SMILES string of the molecule is C#CC(C)NC1CC(C)c2c(C)ccc(O)c21. The molecule has 0 bridgehead atoms. The number of hydrogen-bond donors (Lipinski definition) is 2. The molecular weight excluding hydrogens is 210 g/mol. The van der Waals surface area contributed by atoms with Crippen LogP contribution in [0.25, 0.3) is 0 Å². The Morgan fingerprint density at radius 2 is 2.18 bits per heavy atom. The number of rotatable bonds is 2. The number of aromatic hydroxyl groups is 1. The number of nitrogens with one attached hydrogen (secondary N) is 1. The maximum absolute atomic E-state index is 10.0. The molecular formula is C15H19NO. The lowest BCUT2D eigenvalue weighted by Gasteiger charge is -2.17. The van der Waals surface area contributed by atoms with E-state index in [0.29, 0.717) is 11.7 Å². The van der Waals surface area contributed by atoms with Crippen LogP contribution in [0.3, 0.4) is 0 Å². The quantitative estimate of drug-likeness (QED) is 0.764. The van der Waals surface area contributed by atoms with Crippen LogP contribution in [0.2, 0.25) is 0 Å². The van der Waals surface area contributed by atoms with Gasteiger partial charge in [0.25, 0.3) is 0 Å². The van der Waals surface area contributed by atoms with Gasteiger partial charge < -0.3 is 5.11 Å². The zero-order chi connectivity index (χ0) is 12.6. The van der Waals surface area contributed by atoms with Crippen molar-refractivity contribution in [1.82, 2.24) is 5.32 Å². The van der Waals surface area contributed by atoms with Crippen LogP contribution in [-0.2, 0) is 0 Å². The number of benzene rings is 1. The van der Waals surface area contributed by atoms with E-state index < -0.39 is 0 Å². The van der Waals surface area contributed by atoms with E-state index in [9.17, 15) is 5.11 Å². The highest BCUT2D eigenvalue weighted by molar-refractivity contribution is 5.51. The van der Waals surface area contributed by atoms with Crippen molar-refractivity contribution in [2.75, 3.05) is 0 Å². The Labute approximate surface area is 103 Å². The second kappa shape index (κ2) is 4.43. The number of phenolic OH excluding ortho intramolecular Hbond substituents is 1. The second-order valence-corrected chi connectivity index (χ2v) is 4.97. The fourth-order valence-corrected chi connectivity index (χ4v) is 2.84. The van der Waals surface area contributed by atoms with Gasteiger partial charge in [-0.05, 0) is 43.4 Å². The van der Waals surface area contributed by atoms with Crippen LogP contribution >= 0.6 is 0 Å². The normalized spacial score (nSPS) is 24.1. The Hall–Kier alpha value is -1.46. The monoisotopic (exact) mass is 229 g/mol. The number of phenols is 1. The maximum atomic E-state index is 10.0. The van der Waals surface area contributed by atoms with Gasteiger partial charge in [-0.1, -0.05) is 18.9 Å². The summed E-state index contributed by atoms with van der Waals surface area (Å²) in [5.41, 5.74) is 3.58. The average Bonchev–Trinajstić information content (AvgIpc) is 2.62. The number of fused-ring (bicyclic) bond motifs is 1. The minimum Gasteiger partial charge on any atom is -0.508 e. The van der Waals surface area contributed by atoms with Crippen LogP contribution in [0.4, 0.5) is 0 Å². The van der Waals surface area contributed by atoms with E-state index in [0.717, 1.165) is 12.0 Å². The van der Waals surface area contributed by atoms with Crippen molar-refractivity contribution in [3.63, 3.8) is 0 Å². The fraction of sp³-hybridized carbons (Fsp3) is 0.467. The Balaban J connectivity index is 2.40. The van der Waals surface area contributed by atoms with Gasteiger partial charge in [-0.25, -0.2) is 0 Å². The van der Waals surface area contributed by atoms with E-state index in [1.54, 1.807) is 6.07 Å². The Kier molecular flexibility index (Phi) is 3.13. The molecule has 0 fully saturated rings. The minimum absolute atomic E-state index is 0.0260. The maximum Gasteiger partial charge on any atom is 0.120 e. The van der Waals surface area contributed by atoms with Gasteiger partial charge in [0.15, 0.2) is 0 Å². The van der Waals surface area contributed by atoms with Crippen molar-refractivity contribution in [3.05, 3.63) is 28.8 Å². The van der Waals surface area contributed by atoms with Gasteiger partial charge in [0.2, 0.25) is 0 Å². The number of aryl methyl sites for hydroxylation is 1. The summed E-state index contributed by atoms with van der Waals surface area (Å²) in [5.74, 6) is 3.54. The van der Waals surface area contributed by atoms with E-state index in [1.165, 1.54) is 11.1 Å². The lowest BCUT2D eigenvalue weighted by molar-refractivity contribution is 0.439. The first-order valence-electron chi connectivity index (χ1n) is 6.09. The van der Waals surface area contributed by atoms with Crippen molar-refractivity contribution >= 4 is 0 Å². The fourth-order valence-electron chi connectivity index (χ4n) is 2.84. The molecule has 0 spiro atoms. The van der Waals surface area contributed by atoms with E-state index >= 15 is 0 Å². The Morgan fingerprint density at radius 1 is 1.47 bits per heavy atom. The molecule has 2 N–H and O–H groups in total. The zero-order valence-corrected chi connectivity index (χ0v) is 10.6. The van der Waals surface area contributed by atoms with Gasteiger partial charge in [0.1, 0.15) is 5.75 Å². The van der Waals surface area contributed by atoms with E-state index in [-0.39, 0.29) is 12.1 Å². The molecule has 1 aromatic rings.